The van der Waals surface area contributed by atoms with Crippen molar-refractivity contribution >= 4 is 17.3 Å². The molecular formula is C16H17N7O3. The first kappa shape index (κ1) is 17.3. The minimum Gasteiger partial charge on any atom is -0.392 e. The van der Waals surface area contributed by atoms with Gasteiger partial charge in [0.2, 0.25) is 5.95 Å². The van der Waals surface area contributed by atoms with Crippen LogP contribution < -0.4 is 10.6 Å². The molecule has 0 amide bonds. The summed E-state index contributed by atoms with van der Waals surface area (Å²) >= 11 is 0. The number of hydrogen-bond donors (Lipinski definition) is 3. The molecule has 0 unspecified atom stereocenters. The van der Waals surface area contributed by atoms with Crippen molar-refractivity contribution in [1.82, 2.24) is 20.2 Å². The molecule has 0 fully saturated rings. The maximum Gasteiger partial charge on any atom is 0.292 e. The molecule has 0 aliphatic rings. The maximum absolute atomic E-state index is 11.1. The third kappa shape index (κ3) is 3.92. The molecule has 0 spiro atoms. The Morgan fingerprint density at radius 1 is 1.12 bits per heavy atom. The second kappa shape index (κ2) is 8.03. The van der Waals surface area contributed by atoms with Gasteiger partial charge in [-0.25, -0.2) is 0 Å². The van der Waals surface area contributed by atoms with Crippen molar-refractivity contribution in [2.75, 3.05) is 23.7 Å². The molecule has 3 aromatic rings. The summed E-state index contributed by atoms with van der Waals surface area (Å²) in [7, 11) is 0. The summed E-state index contributed by atoms with van der Waals surface area (Å²) in [4.78, 5) is 10.6. The van der Waals surface area contributed by atoms with Gasteiger partial charge >= 0.3 is 0 Å². The first-order chi connectivity index (χ1) is 12.7. The van der Waals surface area contributed by atoms with Crippen LogP contribution in [0.4, 0.5) is 17.3 Å². The molecule has 26 heavy (non-hydrogen) atoms. The number of para-hydroxylation sites is 1. The maximum atomic E-state index is 11.1. The molecule has 3 N–H and O–H groups in total. The van der Waals surface area contributed by atoms with Crippen molar-refractivity contribution in [2.24, 2.45) is 0 Å². The van der Waals surface area contributed by atoms with E-state index in [2.05, 4.69) is 26.2 Å². The highest BCUT2D eigenvalue weighted by Gasteiger charge is 2.14. The van der Waals surface area contributed by atoms with Crippen molar-refractivity contribution in [2.45, 2.75) is 6.61 Å². The van der Waals surface area contributed by atoms with Crippen molar-refractivity contribution in [3.05, 3.63) is 64.2 Å². The number of nitrogens with zero attached hydrogens (tertiary/aromatic N) is 5. The van der Waals surface area contributed by atoms with E-state index in [9.17, 15) is 15.2 Å². The van der Waals surface area contributed by atoms with Crippen LogP contribution in [-0.4, -0.2) is 43.3 Å². The lowest BCUT2D eigenvalue weighted by atomic mass is 10.2. The smallest absolute Gasteiger partial charge is 0.292 e. The Morgan fingerprint density at radius 3 is 2.62 bits per heavy atom. The molecule has 134 valence electrons. The number of nitro groups is 1. The van der Waals surface area contributed by atoms with Crippen LogP contribution in [0.15, 0.2) is 48.5 Å². The molecule has 3 rings (SSSR count). The van der Waals surface area contributed by atoms with Gasteiger partial charge in [-0.1, -0.05) is 23.3 Å². The molecule has 0 atom stereocenters. The van der Waals surface area contributed by atoms with E-state index in [0.29, 0.717) is 30.3 Å². The number of hydrogen-bond acceptors (Lipinski definition) is 8. The van der Waals surface area contributed by atoms with Crippen LogP contribution in [0.5, 0.6) is 0 Å². The lowest BCUT2D eigenvalue weighted by Crippen LogP contribution is -2.17. The quantitative estimate of drug-likeness (QED) is 0.315. The van der Waals surface area contributed by atoms with E-state index >= 15 is 0 Å². The zero-order chi connectivity index (χ0) is 18.4. The first-order valence-corrected chi connectivity index (χ1v) is 7.89. The minimum absolute atomic E-state index is 0.0451. The van der Waals surface area contributed by atoms with Gasteiger partial charge in [0.05, 0.1) is 17.2 Å². The zero-order valence-electron chi connectivity index (χ0n) is 13.7. The number of nitrogens with one attached hydrogen (secondary N) is 2. The van der Waals surface area contributed by atoms with Gasteiger partial charge in [-0.2, -0.15) is 4.68 Å². The Hall–Kier alpha value is -3.53. The van der Waals surface area contributed by atoms with Crippen molar-refractivity contribution in [1.29, 1.82) is 0 Å². The van der Waals surface area contributed by atoms with Crippen LogP contribution in [0.25, 0.3) is 5.69 Å². The molecule has 2 aromatic carbocycles. The van der Waals surface area contributed by atoms with Crippen molar-refractivity contribution in [3.63, 3.8) is 0 Å². The van der Waals surface area contributed by atoms with Crippen LogP contribution in [0.2, 0.25) is 0 Å². The van der Waals surface area contributed by atoms with Gasteiger partial charge in [0.15, 0.2) is 0 Å². The summed E-state index contributed by atoms with van der Waals surface area (Å²) in [6.07, 6.45) is 0. The normalized spacial score (nSPS) is 10.5. The molecule has 0 bridgehead atoms. The number of nitro benzene ring substituents is 1. The lowest BCUT2D eigenvalue weighted by Gasteiger charge is -2.10. The number of rotatable bonds is 8. The predicted molar refractivity (Wildman–Crippen MR) is 95.2 cm³/mol. The van der Waals surface area contributed by atoms with Gasteiger partial charge in [0, 0.05) is 19.2 Å². The minimum atomic E-state index is -0.465. The summed E-state index contributed by atoms with van der Waals surface area (Å²) in [6.45, 7) is 0.655. The molecule has 0 aliphatic carbocycles. The van der Waals surface area contributed by atoms with E-state index < -0.39 is 4.92 Å². The van der Waals surface area contributed by atoms with Crippen molar-refractivity contribution < 1.29 is 10.0 Å². The topological polar surface area (TPSA) is 131 Å². The number of anilines is 2. The molecule has 10 nitrogen and oxygen atoms in total. The second-order valence-electron chi connectivity index (χ2n) is 5.37. The van der Waals surface area contributed by atoms with Crippen LogP contribution in [0, 0.1) is 10.1 Å². The zero-order valence-corrected chi connectivity index (χ0v) is 13.7. The summed E-state index contributed by atoms with van der Waals surface area (Å²) in [5, 5.41) is 37.9. The monoisotopic (exact) mass is 355 g/mol. The second-order valence-corrected chi connectivity index (χ2v) is 5.37. The molecular weight excluding hydrogens is 338 g/mol. The lowest BCUT2D eigenvalue weighted by molar-refractivity contribution is -0.384. The average molecular weight is 355 g/mol. The molecule has 1 heterocycles. The van der Waals surface area contributed by atoms with Gasteiger partial charge in [0.25, 0.3) is 5.69 Å². The summed E-state index contributed by atoms with van der Waals surface area (Å²) in [6, 6.07) is 13.9. The van der Waals surface area contributed by atoms with E-state index in [1.807, 2.05) is 30.3 Å². The van der Waals surface area contributed by atoms with E-state index in [1.165, 1.54) is 12.1 Å². The van der Waals surface area contributed by atoms with Gasteiger partial charge in [0.1, 0.15) is 5.69 Å². The summed E-state index contributed by atoms with van der Waals surface area (Å²) in [5.41, 5.74) is 1.72. The largest absolute Gasteiger partial charge is 0.392 e. The fourth-order valence-electron chi connectivity index (χ4n) is 2.39. The van der Waals surface area contributed by atoms with Gasteiger partial charge in [-0.05, 0) is 40.3 Å². The number of aliphatic hydroxyl groups is 1. The average Bonchev–Trinajstić information content (AvgIpc) is 3.14. The van der Waals surface area contributed by atoms with E-state index in [-0.39, 0.29) is 12.3 Å². The Balaban J connectivity index is 1.62. The number of aromatic nitrogens is 4. The molecule has 0 aliphatic heterocycles. The fraction of sp³-hybridized carbons (Fsp3) is 0.188. The number of tetrazole rings is 1. The molecule has 0 saturated heterocycles. The highest BCUT2D eigenvalue weighted by molar-refractivity contribution is 5.62. The van der Waals surface area contributed by atoms with Crippen LogP contribution in [-0.2, 0) is 6.61 Å². The highest BCUT2D eigenvalue weighted by Crippen LogP contribution is 2.25. The summed E-state index contributed by atoms with van der Waals surface area (Å²) < 4.78 is 1.56. The Kier molecular flexibility index (Phi) is 5.34. The fourth-order valence-corrected chi connectivity index (χ4v) is 2.39. The Bertz CT molecular complexity index is 883. The standard InChI is InChI=1S/C16H17N7O3/c24-11-12-6-7-15(23(25)26)14(10-12)17-8-9-18-16-19-20-21-22(16)13-4-2-1-3-5-13/h1-7,10,17,24H,8-9,11H2,(H,18,19,21). The van der Waals surface area contributed by atoms with Crippen molar-refractivity contribution in [3.8, 4) is 5.69 Å². The predicted octanol–water partition coefficient (Wildman–Crippen LogP) is 1.59. The molecule has 0 radical (unpaired) electrons. The number of aliphatic hydroxyl groups excluding tert-OH is 1. The van der Waals surface area contributed by atoms with Gasteiger partial charge in [-0.15, -0.1) is 0 Å². The van der Waals surface area contributed by atoms with E-state index in [1.54, 1.807) is 10.7 Å². The van der Waals surface area contributed by atoms with Gasteiger partial charge in [-0.3, -0.25) is 10.1 Å². The third-order valence-electron chi connectivity index (χ3n) is 3.63. The van der Waals surface area contributed by atoms with E-state index in [0.717, 1.165) is 5.69 Å². The van der Waals surface area contributed by atoms with E-state index in [4.69, 9.17) is 0 Å². The molecule has 1 aromatic heterocycles. The first-order valence-electron chi connectivity index (χ1n) is 7.89. The van der Waals surface area contributed by atoms with Crippen LogP contribution in [0.3, 0.4) is 0 Å². The van der Waals surface area contributed by atoms with Gasteiger partial charge < -0.3 is 15.7 Å². The van der Waals surface area contributed by atoms with Crippen LogP contribution in [0.1, 0.15) is 5.56 Å². The molecule has 10 heteroatoms. The third-order valence-corrected chi connectivity index (χ3v) is 3.63. The SMILES string of the molecule is O=[N+]([O-])c1ccc(CO)cc1NCCNc1nnnn1-c1ccccc1. The highest BCUT2D eigenvalue weighted by atomic mass is 16.6. The Labute approximate surface area is 148 Å². The number of benzene rings is 2. The van der Waals surface area contributed by atoms with Crippen LogP contribution >= 0.6 is 0 Å². The summed E-state index contributed by atoms with van der Waals surface area (Å²) in [5.74, 6) is 0.469. The molecule has 0 saturated carbocycles. The Morgan fingerprint density at radius 2 is 1.88 bits per heavy atom.